The summed E-state index contributed by atoms with van der Waals surface area (Å²) in [7, 11) is 0. The van der Waals surface area contributed by atoms with Crippen LogP contribution in [0.1, 0.15) is 143 Å². The molecule has 0 aromatic rings. The number of ether oxygens (including phenoxy) is 1. The van der Waals surface area contributed by atoms with Crippen molar-refractivity contribution in [2.24, 2.45) is 35.0 Å². The highest BCUT2D eigenvalue weighted by atomic mass is 16.5. The summed E-state index contributed by atoms with van der Waals surface area (Å²) in [6, 6.07) is 0. The van der Waals surface area contributed by atoms with Crippen molar-refractivity contribution in [3.63, 3.8) is 0 Å². The number of Topliss-reactive ketones (excluding diaryl/α,β-unsaturated/α-hetero) is 1. The zero-order valence-electron chi connectivity index (χ0n) is 22.8. The second kappa shape index (κ2) is 14.0. The maximum absolute atomic E-state index is 13.1. The zero-order valence-corrected chi connectivity index (χ0v) is 22.8. The highest BCUT2D eigenvalue weighted by Gasteiger charge is 2.47. The molecule has 0 saturated heterocycles. The van der Waals surface area contributed by atoms with E-state index in [1.807, 2.05) is 6.92 Å². The van der Waals surface area contributed by atoms with Crippen molar-refractivity contribution in [1.29, 1.82) is 0 Å². The summed E-state index contributed by atoms with van der Waals surface area (Å²) in [5, 5.41) is 0. The molecule has 3 rings (SSSR count). The second-order valence-corrected chi connectivity index (χ2v) is 12.4. The van der Waals surface area contributed by atoms with Gasteiger partial charge in [0.2, 0.25) is 0 Å². The molecule has 0 aromatic heterocycles. The van der Waals surface area contributed by atoms with E-state index in [4.69, 9.17) is 4.74 Å². The van der Waals surface area contributed by atoms with Gasteiger partial charge >= 0.3 is 5.97 Å². The van der Waals surface area contributed by atoms with E-state index in [9.17, 15) is 9.59 Å². The van der Waals surface area contributed by atoms with Crippen LogP contribution in [0.2, 0.25) is 0 Å². The van der Waals surface area contributed by atoms with E-state index >= 15 is 0 Å². The molecule has 2 atom stereocenters. The number of unbranched alkanes of at least 4 members (excludes halogenated alkanes) is 5. The van der Waals surface area contributed by atoms with Crippen LogP contribution in [0.25, 0.3) is 0 Å². The molecule has 0 aromatic carbocycles. The molecule has 34 heavy (non-hydrogen) atoms. The largest absolute Gasteiger partial charge is 0.465 e. The molecule has 0 aliphatic heterocycles. The molecular weight excluding hydrogens is 420 g/mol. The molecule has 0 unspecified atom stereocenters. The first-order valence-electron chi connectivity index (χ1n) is 15.2. The summed E-state index contributed by atoms with van der Waals surface area (Å²) in [6.45, 7) is 6.83. The van der Waals surface area contributed by atoms with Gasteiger partial charge < -0.3 is 4.74 Å². The predicted molar refractivity (Wildman–Crippen MR) is 141 cm³/mol. The fraction of sp³-hybridized carbons (Fsp3) is 0.935. The standard InChI is InChI=1S/C31H54O3/c1-4-6-8-9-10-22-34-30(33)31(3)21-20-28(23-29(31)32)27-18-16-26(17-19-27)25-14-12-24(13-15-25)11-7-5-2/h24-28H,4-23H2,1-3H3/t24-,25-,26?,27?,28-,31+/m1/s1. The summed E-state index contributed by atoms with van der Waals surface area (Å²) in [6.07, 6.45) is 23.4. The lowest BCUT2D eigenvalue weighted by atomic mass is 9.62. The fourth-order valence-corrected chi connectivity index (χ4v) is 7.36. The van der Waals surface area contributed by atoms with Crippen LogP contribution in [0.15, 0.2) is 0 Å². The van der Waals surface area contributed by atoms with E-state index in [0.29, 0.717) is 31.3 Å². The van der Waals surface area contributed by atoms with Gasteiger partial charge in [-0.15, -0.1) is 0 Å². The molecule has 3 fully saturated rings. The molecule has 0 N–H and O–H groups in total. The van der Waals surface area contributed by atoms with Crippen LogP contribution < -0.4 is 0 Å². The molecule has 0 spiro atoms. The Morgan fingerprint density at radius 3 is 1.91 bits per heavy atom. The van der Waals surface area contributed by atoms with Crippen molar-refractivity contribution < 1.29 is 14.3 Å². The Hall–Kier alpha value is -0.860. The second-order valence-electron chi connectivity index (χ2n) is 12.4. The lowest BCUT2D eigenvalue weighted by Crippen LogP contribution is -2.44. The normalized spacial score (nSPS) is 34.7. The van der Waals surface area contributed by atoms with Crippen molar-refractivity contribution in [2.75, 3.05) is 6.61 Å². The van der Waals surface area contributed by atoms with Gasteiger partial charge in [0.1, 0.15) is 11.2 Å². The molecule has 196 valence electrons. The quantitative estimate of drug-likeness (QED) is 0.161. The highest BCUT2D eigenvalue weighted by Crippen LogP contribution is 2.47. The molecule has 3 saturated carbocycles. The highest BCUT2D eigenvalue weighted by molar-refractivity contribution is 6.04. The number of esters is 1. The van der Waals surface area contributed by atoms with E-state index in [-0.39, 0.29) is 11.8 Å². The monoisotopic (exact) mass is 474 g/mol. The lowest BCUT2D eigenvalue weighted by Gasteiger charge is -2.42. The van der Waals surface area contributed by atoms with Crippen LogP contribution in [0.5, 0.6) is 0 Å². The van der Waals surface area contributed by atoms with E-state index in [2.05, 4.69) is 13.8 Å². The fourth-order valence-electron chi connectivity index (χ4n) is 7.36. The Labute approximate surface area is 210 Å². The molecule has 3 nitrogen and oxygen atoms in total. The third-order valence-electron chi connectivity index (χ3n) is 10.0. The Kier molecular flexibility index (Phi) is 11.4. The molecule has 3 heteroatoms. The van der Waals surface area contributed by atoms with E-state index in [1.54, 1.807) is 0 Å². The van der Waals surface area contributed by atoms with Gasteiger partial charge in [0.05, 0.1) is 6.61 Å². The third kappa shape index (κ3) is 7.57. The topological polar surface area (TPSA) is 43.4 Å². The smallest absolute Gasteiger partial charge is 0.319 e. The third-order valence-corrected chi connectivity index (χ3v) is 10.0. The van der Waals surface area contributed by atoms with Gasteiger partial charge in [-0.1, -0.05) is 71.6 Å². The Morgan fingerprint density at radius 2 is 1.32 bits per heavy atom. The summed E-state index contributed by atoms with van der Waals surface area (Å²) < 4.78 is 5.57. The Morgan fingerprint density at radius 1 is 0.765 bits per heavy atom. The molecule has 0 bridgehead atoms. The molecule has 0 radical (unpaired) electrons. The van der Waals surface area contributed by atoms with Crippen molar-refractivity contribution in [2.45, 2.75) is 143 Å². The Balaban J connectivity index is 1.36. The lowest BCUT2D eigenvalue weighted by molar-refractivity contribution is -0.162. The number of carbonyl (C=O) groups is 2. The van der Waals surface area contributed by atoms with E-state index in [0.717, 1.165) is 37.0 Å². The number of rotatable bonds is 12. The summed E-state index contributed by atoms with van der Waals surface area (Å²) in [5.74, 6) is 3.97. The first kappa shape index (κ1) is 27.7. The number of hydrogen-bond acceptors (Lipinski definition) is 3. The van der Waals surface area contributed by atoms with E-state index in [1.165, 1.54) is 89.9 Å². The average Bonchev–Trinajstić information content (AvgIpc) is 2.87. The van der Waals surface area contributed by atoms with Crippen LogP contribution in [0.3, 0.4) is 0 Å². The minimum absolute atomic E-state index is 0.146. The molecule has 3 aliphatic rings. The summed E-state index contributed by atoms with van der Waals surface area (Å²) in [5.41, 5.74) is -0.895. The van der Waals surface area contributed by atoms with Crippen LogP contribution in [-0.4, -0.2) is 18.4 Å². The molecule has 0 heterocycles. The summed E-state index contributed by atoms with van der Waals surface area (Å²) in [4.78, 5) is 25.9. The van der Waals surface area contributed by atoms with Gasteiger partial charge in [-0.25, -0.2) is 0 Å². The predicted octanol–water partition coefficient (Wildman–Crippen LogP) is 8.68. The summed E-state index contributed by atoms with van der Waals surface area (Å²) >= 11 is 0. The van der Waals surface area contributed by atoms with Gasteiger partial charge in [0.15, 0.2) is 0 Å². The Bertz CT molecular complexity index is 612. The zero-order chi connectivity index (χ0) is 24.4. The maximum atomic E-state index is 13.1. The minimum Gasteiger partial charge on any atom is -0.465 e. The van der Waals surface area contributed by atoms with Crippen molar-refractivity contribution >= 4 is 11.8 Å². The molecule has 0 amide bonds. The SMILES string of the molecule is CCCCCCCOC(=O)[C@@]1(C)CC[C@@H](C2CCC([C@H]3CC[C@H](CCCC)CC3)CC2)CC1=O. The van der Waals surface area contributed by atoms with Gasteiger partial charge in [-0.05, 0) is 94.3 Å². The van der Waals surface area contributed by atoms with Crippen LogP contribution in [-0.2, 0) is 14.3 Å². The van der Waals surface area contributed by atoms with Crippen LogP contribution in [0, 0.1) is 35.0 Å². The van der Waals surface area contributed by atoms with Gasteiger partial charge in [0, 0.05) is 6.42 Å². The first-order valence-corrected chi connectivity index (χ1v) is 15.2. The number of ketones is 1. The van der Waals surface area contributed by atoms with Crippen molar-refractivity contribution in [1.82, 2.24) is 0 Å². The van der Waals surface area contributed by atoms with Gasteiger partial charge in [0.25, 0.3) is 0 Å². The molecule has 3 aliphatic carbocycles. The van der Waals surface area contributed by atoms with Crippen molar-refractivity contribution in [3.05, 3.63) is 0 Å². The van der Waals surface area contributed by atoms with Crippen molar-refractivity contribution in [3.8, 4) is 0 Å². The van der Waals surface area contributed by atoms with E-state index < -0.39 is 5.41 Å². The van der Waals surface area contributed by atoms with Gasteiger partial charge in [-0.3, -0.25) is 9.59 Å². The molecular formula is C31H54O3. The van der Waals surface area contributed by atoms with Crippen LogP contribution >= 0.6 is 0 Å². The number of carbonyl (C=O) groups excluding carboxylic acids is 2. The van der Waals surface area contributed by atoms with Gasteiger partial charge in [-0.2, -0.15) is 0 Å². The minimum atomic E-state index is -0.895. The average molecular weight is 475 g/mol. The first-order chi connectivity index (χ1) is 16.5. The maximum Gasteiger partial charge on any atom is 0.319 e. The van der Waals surface area contributed by atoms with Crippen LogP contribution in [0.4, 0.5) is 0 Å². The number of hydrogen-bond donors (Lipinski definition) is 0.